The minimum Gasteiger partial charge on any atom is -0.435 e. The number of nitrogens with zero attached hydrogens (tertiary/aromatic N) is 1. The van der Waals surface area contributed by atoms with Crippen molar-refractivity contribution in [3.05, 3.63) is 28.2 Å². The normalized spacial score (nSPS) is 9.77. The van der Waals surface area contributed by atoms with E-state index in [-0.39, 0.29) is 11.3 Å². The lowest BCUT2D eigenvalue weighted by atomic mass is 10.2. The summed E-state index contributed by atoms with van der Waals surface area (Å²) < 4.78 is 28.1. The Kier molecular flexibility index (Phi) is 3.20. The number of rotatable bonds is 2. The third-order valence-corrected chi connectivity index (χ3v) is 1.97. The van der Waals surface area contributed by atoms with Gasteiger partial charge in [0.25, 0.3) is 0 Å². The highest BCUT2D eigenvalue weighted by atomic mass is 79.9. The van der Waals surface area contributed by atoms with E-state index in [0.29, 0.717) is 4.47 Å². The second-order valence-electron chi connectivity index (χ2n) is 2.13. The van der Waals surface area contributed by atoms with Gasteiger partial charge in [-0.3, -0.25) is 0 Å². The first kappa shape index (κ1) is 9.93. The molecule has 0 atom stereocenters. The molecule has 5 heteroatoms. The molecule has 0 N–H and O–H groups in total. The molecule has 0 heterocycles. The summed E-state index contributed by atoms with van der Waals surface area (Å²) in [4.78, 5) is 0. The molecule has 0 spiro atoms. The molecule has 0 unspecified atom stereocenters. The van der Waals surface area contributed by atoms with E-state index in [0.717, 1.165) is 0 Å². The van der Waals surface area contributed by atoms with Crippen LogP contribution in [0.1, 0.15) is 5.56 Å². The molecule has 0 aromatic heterocycles. The molecule has 0 fully saturated rings. The zero-order valence-corrected chi connectivity index (χ0v) is 7.88. The quantitative estimate of drug-likeness (QED) is 0.806. The molecule has 1 rings (SSSR count). The van der Waals surface area contributed by atoms with Gasteiger partial charge < -0.3 is 4.74 Å². The van der Waals surface area contributed by atoms with Crippen molar-refractivity contribution < 1.29 is 13.5 Å². The first-order valence-corrected chi connectivity index (χ1v) is 4.07. The lowest BCUT2D eigenvalue weighted by molar-refractivity contribution is -0.0498. The van der Waals surface area contributed by atoms with Crippen molar-refractivity contribution >= 4 is 15.9 Å². The predicted molar refractivity (Wildman–Crippen MR) is 45.5 cm³/mol. The van der Waals surface area contributed by atoms with Crippen LogP contribution in [0, 0.1) is 11.3 Å². The number of alkyl halides is 2. The van der Waals surface area contributed by atoms with Crippen LogP contribution in [0.25, 0.3) is 0 Å². The van der Waals surface area contributed by atoms with Crippen molar-refractivity contribution in [3.63, 3.8) is 0 Å². The largest absolute Gasteiger partial charge is 0.435 e. The summed E-state index contributed by atoms with van der Waals surface area (Å²) in [6.07, 6.45) is 0. The Bertz CT molecular complexity index is 348. The van der Waals surface area contributed by atoms with Gasteiger partial charge in [0.05, 0.1) is 5.56 Å². The molecule has 0 amide bonds. The summed E-state index contributed by atoms with van der Waals surface area (Å²) in [6, 6.07) is 5.92. The number of hydrogen-bond donors (Lipinski definition) is 0. The van der Waals surface area contributed by atoms with Gasteiger partial charge in [0.15, 0.2) is 0 Å². The molecular formula is C8H4BrF2NO. The number of halogens is 3. The maximum atomic E-state index is 11.7. The SMILES string of the molecule is N#Cc1cc(OC(F)F)ccc1Br. The first-order valence-electron chi connectivity index (χ1n) is 3.28. The molecule has 0 radical (unpaired) electrons. The molecule has 2 nitrogen and oxygen atoms in total. The van der Waals surface area contributed by atoms with Gasteiger partial charge in [-0.1, -0.05) is 0 Å². The second-order valence-corrected chi connectivity index (χ2v) is 2.99. The van der Waals surface area contributed by atoms with Crippen molar-refractivity contribution in [1.29, 1.82) is 5.26 Å². The van der Waals surface area contributed by atoms with E-state index in [1.807, 2.05) is 6.07 Å². The van der Waals surface area contributed by atoms with Gasteiger partial charge in [-0.25, -0.2) is 0 Å². The number of benzene rings is 1. The van der Waals surface area contributed by atoms with Gasteiger partial charge in [-0.2, -0.15) is 14.0 Å². The van der Waals surface area contributed by atoms with Crippen LogP contribution >= 0.6 is 15.9 Å². The lowest BCUT2D eigenvalue weighted by Crippen LogP contribution is -2.01. The van der Waals surface area contributed by atoms with Crippen LogP contribution in [0.15, 0.2) is 22.7 Å². The molecule has 1 aromatic rings. The molecule has 0 aliphatic carbocycles. The van der Waals surface area contributed by atoms with E-state index >= 15 is 0 Å². The summed E-state index contributed by atoms with van der Waals surface area (Å²) in [5.41, 5.74) is 0.262. The van der Waals surface area contributed by atoms with E-state index in [2.05, 4.69) is 20.7 Å². The van der Waals surface area contributed by atoms with Crippen molar-refractivity contribution in [2.75, 3.05) is 0 Å². The van der Waals surface area contributed by atoms with E-state index in [1.165, 1.54) is 18.2 Å². The highest BCUT2D eigenvalue weighted by Crippen LogP contribution is 2.22. The zero-order chi connectivity index (χ0) is 9.84. The molecule has 68 valence electrons. The van der Waals surface area contributed by atoms with Crippen LogP contribution in [-0.4, -0.2) is 6.61 Å². The topological polar surface area (TPSA) is 33.0 Å². The maximum Gasteiger partial charge on any atom is 0.387 e. The van der Waals surface area contributed by atoms with Crippen LogP contribution in [0.4, 0.5) is 8.78 Å². The molecule has 13 heavy (non-hydrogen) atoms. The molecule has 0 saturated heterocycles. The van der Waals surface area contributed by atoms with Crippen LogP contribution in [0.3, 0.4) is 0 Å². The summed E-state index contributed by atoms with van der Waals surface area (Å²) in [6.45, 7) is -2.87. The van der Waals surface area contributed by atoms with Crippen LogP contribution in [0.5, 0.6) is 5.75 Å². The Morgan fingerprint density at radius 1 is 1.46 bits per heavy atom. The van der Waals surface area contributed by atoms with Crippen LogP contribution < -0.4 is 4.74 Å². The van der Waals surface area contributed by atoms with E-state index in [4.69, 9.17) is 5.26 Å². The maximum absolute atomic E-state index is 11.7. The summed E-state index contributed by atoms with van der Waals surface area (Å²) in [5.74, 6) is -0.0187. The highest BCUT2D eigenvalue weighted by molar-refractivity contribution is 9.10. The van der Waals surface area contributed by atoms with Gasteiger partial charge in [-0.05, 0) is 34.1 Å². The molecular weight excluding hydrogens is 244 g/mol. The fourth-order valence-corrected chi connectivity index (χ4v) is 1.10. The third-order valence-electron chi connectivity index (χ3n) is 1.28. The molecule has 1 aromatic carbocycles. The van der Waals surface area contributed by atoms with Crippen LogP contribution in [0.2, 0.25) is 0 Å². The number of hydrogen-bond acceptors (Lipinski definition) is 2. The summed E-state index contributed by atoms with van der Waals surface area (Å²) >= 11 is 3.09. The number of ether oxygens (including phenoxy) is 1. The highest BCUT2D eigenvalue weighted by Gasteiger charge is 2.06. The van der Waals surface area contributed by atoms with Gasteiger partial charge in [0.1, 0.15) is 11.8 Å². The molecule has 0 aliphatic heterocycles. The predicted octanol–water partition coefficient (Wildman–Crippen LogP) is 2.92. The molecule has 0 saturated carbocycles. The Morgan fingerprint density at radius 2 is 2.15 bits per heavy atom. The van der Waals surface area contributed by atoms with Crippen molar-refractivity contribution in [2.45, 2.75) is 6.61 Å². The Labute approximate surface area is 81.9 Å². The third kappa shape index (κ3) is 2.67. The van der Waals surface area contributed by atoms with E-state index < -0.39 is 6.61 Å². The van der Waals surface area contributed by atoms with Crippen molar-refractivity contribution in [1.82, 2.24) is 0 Å². The van der Waals surface area contributed by atoms with Gasteiger partial charge >= 0.3 is 6.61 Å². The summed E-state index contributed by atoms with van der Waals surface area (Å²) in [5, 5.41) is 8.55. The van der Waals surface area contributed by atoms with Crippen molar-refractivity contribution in [2.24, 2.45) is 0 Å². The second kappa shape index (κ2) is 4.19. The minimum absolute atomic E-state index is 0.0187. The Hall–Kier alpha value is -1.15. The molecule has 0 aliphatic rings. The average molecular weight is 248 g/mol. The smallest absolute Gasteiger partial charge is 0.387 e. The Balaban J connectivity index is 2.95. The standard InChI is InChI=1S/C8H4BrF2NO/c9-7-2-1-6(13-8(10)11)3-5(7)4-12/h1-3,8H. The number of nitriles is 1. The van der Waals surface area contributed by atoms with Gasteiger partial charge in [0, 0.05) is 4.47 Å². The average Bonchev–Trinajstić information content (AvgIpc) is 2.07. The Morgan fingerprint density at radius 3 is 2.69 bits per heavy atom. The monoisotopic (exact) mass is 247 g/mol. The fourth-order valence-electron chi connectivity index (χ4n) is 0.766. The van der Waals surface area contributed by atoms with E-state index in [1.54, 1.807) is 0 Å². The lowest BCUT2D eigenvalue weighted by Gasteiger charge is -2.04. The minimum atomic E-state index is -2.87. The van der Waals surface area contributed by atoms with Crippen LogP contribution in [-0.2, 0) is 0 Å². The first-order chi connectivity index (χ1) is 6.13. The fraction of sp³-hybridized carbons (Fsp3) is 0.125. The van der Waals surface area contributed by atoms with E-state index in [9.17, 15) is 8.78 Å². The summed E-state index contributed by atoms with van der Waals surface area (Å²) in [7, 11) is 0. The molecule has 0 bridgehead atoms. The van der Waals surface area contributed by atoms with Gasteiger partial charge in [0.2, 0.25) is 0 Å². The zero-order valence-electron chi connectivity index (χ0n) is 6.30. The van der Waals surface area contributed by atoms with Gasteiger partial charge in [-0.15, -0.1) is 0 Å². The van der Waals surface area contributed by atoms with Crippen molar-refractivity contribution in [3.8, 4) is 11.8 Å².